The Labute approximate surface area is 65.8 Å². The second-order valence-corrected chi connectivity index (χ2v) is 2.41. The van der Waals surface area contributed by atoms with Gasteiger partial charge in [-0.25, -0.2) is 4.79 Å². The fourth-order valence-corrected chi connectivity index (χ4v) is 0.848. The molecule has 0 aliphatic carbocycles. The molecule has 2 atom stereocenters. The summed E-state index contributed by atoms with van der Waals surface area (Å²) in [4.78, 5) is 10.3. The van der Waals surface area contributed by atoms with Crippen LogP contribution in [0.1, 0.15) is 13.3 Å². The highest BCUT2D eigenvalue weighted by atomic mass is 16.5. The molecule has 0 aromatic carbocycles. The zero-order chi connectivity index (χ0) is 8.85. The van der Waals surface area contributed by atoms with E-state index in [1.54, 1.807) is 0 Å². The Morgan fingerprint density at radius 1 is 1.64 bits per heavy atom. The number of methoxy groups -OCH3 is 1. The Morgan fingerprint density at radius 2 is 2.18 bits per heavy atom. The Kier molecular flexibility index (Phi) is 4.81. The maximum atomic E-state index is 10.3. The van der Waals surface area contributed by atoms with Crippen molar-refractivity contribution in [3.8, 4) is 0 Å². The quantitative estimate of drug-likeness (QED) is 0.602. The van der Waals surface area contributed by atoms with Crippen LogP contribution in [0.25, 0.3) is 0 Å². The first kappa shape index (κ1) is 10.4. The zero-order valence-electron chi connectivity index (χ0n) is 6.78. The molecule has 0 heterocycles. The third-order valence-corrected chi connectivity index (χ3v) is 1.60. The monoisotopic (exact) mass is 162 g/mol. The first-order valence-corrected chi connectivity index (χ1v) is 3.53. The maximum absolute atomic E-state index is 10.3. The number of carbonyl (C=O) groups is 1. The summed E-state index contributed by atoms with van der Waals surface area (Å²) in [6, 6.07) is 0. The van der Waals surface area contributed by atoms with Crippen LogP contribution in [0.15, 0.2) is 0 Å². The third kappa shape index (κ3) is 3.34. The minimum absolute atomic E-state index is 0.282. The van der Waals surface area contributed by atoms with Gasteiger partial charge >= 0.3 is 5.97 Å². The molecule has 0 fully saturated rings. The maximum Gasteiger partial charge on any atom is 0.332 e. The summed E-state index contributed by atoms with van der Waals surface area (Å²) in [5.74, 6) is -1.49. The van der Waals surface area contributed by atoms with E-state index in [0.717, 1.165) is 0 Å². The van der Waals surface area contributed by atoms with Gasteiger partial charge in [-0.1, -0.05) is 6.92 Å². The fraction of sp³-hybridized carbons (Fsp3) is 0.857. The highest BCUT2D eigenvalue weighted by molar-refractivity contribution is 5.72. The predicted molar refractivity (Wildman–Crippen MR) is 39.3 cm³/mol. The molecule has 0 spiro atoms. The molecule has 2 unspecified atom stereocenters. The summed E-state index contributed by atoms with van der Waals surface area (Å²) in [5.41, 5.74) is 0. The van der Waals surface area contributed by atoms with Crippen molar-refractivity contribution in [1.29, 1.82) is 0 Å². The number of aliphatic hydroxyl groups is 1. The van der Waals surface area contributed by atoms with E-state index in [1.807, 2.05) is 6.92 Å². The molecule has 0 aromatic heterocycles. The van der Waals surface area contributed by atoms with Crippen molar-refractivity contribution >= 4 is 5.97 Å². The van der Waals surface area contributed by atoms with Crippen LogP contribution < -0.4 is 0 Å². The number of hydrogen-bond acceptors (Lipinski definition) is 3. The van der Waals surface area contributed by atoms with Crippen molar-refractivity contribution in [2.75, 3.05) is 13.7 Å². The molecule has 0 radical (unpaired) electrons. The minimum Gasteiger partial charge on any atom is -0.479 e. The van der Waals surface area contributed by atoms with Crippen molar-refractivity contribution in [3.05, 3.63) is 0 Å². The highest BCUT2D eigenvalue weighted by Gasteiger charge is 2.23. The van der Waals surface area contributed by atoms with Crippen molar-refractivity contribution in [2.45, 2.75) is 19.4 Å². The summed E-state index contributed by atoms with van der Waals surface area (Å²) in [6.07, 6.45) is -0.707. The van der Waals surface area contributed by atoms with Crippen molar-refractivity contribution < 1.29 is 19.7 Å². The van der Waals surface area contributed by atoms with Crippen LogP contribution in [0.2, 0.25) is 0 Å². The number of rotatable bonds is 5. The summed E-state index contributed by atoms with van der Waals surface area (Å²) >= 11 is 0. The molecule has 0 aliphatic heterocycles. The average molecular weight is 162 g/mol. The molecule has 0 saturated heterocycles. The predicted octanol–water partition coefficient (Wildman–Crippen LogP) is 0.104. The van der Waals surface area contributed by atoms with Crippen molar-refractivity contribution in [3.63, 3.8) is 0 Å². The molecule has 0 aromatic rings. The smallest absolute Gasteiger partial charge is 0.332 e. The van der Waals surface area contributed by atoms with E-state index in [0.29, 0.717) is 6.42 Å². The minimum atomic E-state index is -1.31. The molecule has 0 amide bonds. The van der Waals surface area contributed by atoms with Crippen LogP contribution >= 0.6 is 0 Å². The third-order valence-electron chi connectivity index (χ3n) is 1.60. The van der Waals surface area contributed by atoms with Gasteiger partial charge in [0.1, 0.15) is 0 Å². The van der Waals surface area contributed by atoms with Crippen molar-refractivity contribution in [1.82, 2.24) is 0 Å². The lowest BCUT2D eigenvalue weighted by Gasteiger charge is -2.16. The van der Waals surface area contributed by atoms with Crippen LogP contribution in [0.5, 0.6) is 0 Å². The topological polar surface area (TPSA) is 66.8 Å². The number of carboxylic acid groups (broad SMARTS) is 1. The molecule has 0 aliphatic rings. The lowest BCUT2D eigenvalue weighted by molar-refractivity contribution is -0.150. The molecular weight excluding hydrogens is 148 g/mol. The number of aliphatic carboxylic acids is 1. The number of aliphatic hydroxyl groups excluding tert-OH is 1. The summed E-state index contributed by atoms with van der Waals surface area (Å²) in [7, 11) is 1.48. The largest absolute Gasteiger partial charge is 0.479 e. The van der Waals surface area contributed by atoms with Gasteiger partial charge in [-0.3, -0.25) is 0 Å². The molecular formula is C7H14O4. The fourth-order valence-electron chi connectivity index (χ4n) is 0.848. The SMILES string of the molecule is CCC(COC)C(O)C(=O)O. The molecule has 66 valence electrons. The summed E-state index contributed by atoms with van der Waals surface area (Å²) in [6.45, 7) is 2.10. The van der Waals surface area contributed by atoms with Gasteiger partial charge in [0.15, 0.2) is 6.10 Å². The molecule has 4 heteroatoms. The molecule has 0 rings (SSSR count). The molecule has 4 nitrogen and oxygen atoms in total. The van der Waals surface area contributed by atoms with Gasteiger partial charge in [-0.05, 0) is 6.42 Å². The van der Waals surface area contributed by atoms with Crippen LogP contribution in [-0.4, -0.2) is 36.0 Å². The lowest BCUT2D eigenvalue weighted by Crippen LogP contribution is -2.31. The summed E-state index contributed by atoms with van der Waals surface area (Å²) in [5, 5.41) is 17.4. The molecule has 2 N–H and O–H groups in total. The number of carboxylic acids is 1. The van der Waals surface area contributed by atoms with E-state index in [9.17, 15) is 4.79 Å². The van der Waals surface area contributed by atoms with Gasteiger partial charge in [0.2, 0.25) is 0 Å². The Balaban J connectivity index is 3.91. The van der Waals surface area contributed by atoms with Gasteiger partial charge in [-0.2, -0.15) is 0 Å². The lowest BCUT2D eigenvalue weighted by atomic mass is 10.0. The highest BCUT2D eigenvalue weighted by Crippen LogP contribution is 2.08. The summed E-state index contributed by atoms with van der Waals surface area (Å²) < 4.78 is 4.74. The van der Waals surface area contributed by atoms with Crippen LogP contribution in [0.4, 0.5) is 0 Å². The van der Waals surface area contributed by atoms with E-state index in [2.05, 4.69) is 0 Å². The zero-order valence-corrected chi connectivity index (χ0v) is 6.78. The average Bonchev–Trinajstić information content (AvgIpc) is 1.98. The second-order valence-electron chi connectivity index (χ2n) is 2.41. The van der Waals surface area contributed by atoms with Gasteiger partial charge in [0, 0.05) is 13.0 Å². The van der Waals surface area contributed by atoms with Gasteiger partial charge in [0.05, 0.1) is 6.61 Å². The normalized spacial score (nSPS) is 15.9. The molecule has 0 saturated carbocycles. The Bertz CT molecular complexity index is 124. The molecule has 0 bridgehead atoms. The Morgan fingerprint density at radius 3 is 2.45 bits per heavy atom. The van der Waals surface area contributed by atoms with Gasteiger partial charge < -0.3 is 14.9 Å². The van der Waals surface area contributed by atoms with E-state index in [4.69, 9.17) is 14.9 Å². The van der Waals surface area contributed by atoms with Crippen molar-refractivity contribution in [2.24, 2.45) is 5.92 Å². The standard InChI is InChI=1S/C7H14O4/c1-3-5(4-11-2)6(8)7(9)10/h5-6,8H,3-4H2,1-2H3,(H,9,10). The van der Waals surface area contributed by atoms with E-state index in [1.165, 1.54) is 7.11 Å². The Hall–Kier alpha value is -0.610. The van der Waals surface area contributed by atoms with Gasteiger partial charge in [-0.15, -0.1) is 0 Å². The van der Waals surface area contributed by atoms with E-state index < -0.39 is 12.1 Å². The van der Waals surface area contributed by atoms with E-state index in [-0.39, 0.29) is 12.5 Å². The molecule has 11 heavy (non-hydrogen) atoms. The number of hydrogen-bond donors (Lipinski definition) is 2. The number of ether oxygens (including phenoxy) is 1. The first-order chi connectivity index (χ1) is 5.13. The second kappa shape index (κ2) is 5.09. The van der Waals surface area contributed by atoms with Crippen LogP contribution in [0.3, 0.4) is 0 Å². The van der Waals surface area contributed by atoms with Gasteiger partial charge in [0.25, 0.3) is 0 Å². The van der Waals surface area contributed by atoms with E-state index >= 15 is 0 Å². The van der Waals surface area contributed by atoms with Crippen LogP contribution in [-0.2, 0) is 9.53 Å². The first-order valence-electron chi connectivity index (χ1n) is 3.53. The van der Waals surface area contributed by atoms with Crippen LogP contribution in [0, 0.1) is 5.92 Å².